The van der Waals surface area contributed by atoms with Gasteiger partial charge in [-0.3, -0.25) is 0 Å². The minimum absolute atomic E-state index is 0.248. The molecule has 0 bridgehead atoms. The van der Waals surface area contributed by atoms with Crippen molar-refractivity contribution in [2.24, 2.45) is 0 Å². The van der Waals surface area contributed by atoms with Crippen molar-refractivity contribution in [3.05, 3.63) is 11.1 Å². The summed E-state index contributed by atoms with van der Waals surface area (Å²) in [6.07, 6.45) is 4.03. The normalized spacial score (nSPS) is 14.4. The average Bonchev–Trinajstić information content (AvgIpc) is 2.96. The molecule has 0 aliphatic heterocycles. The van der Waals surface area contributed by atoms with E-state index in [4.69, 9.17) is 10.4 Å². The summed E-state index contributed by atoms with van der Waals surface area (Å²) in [5, 5.41) is 18.1. The second-order valence-corrected chi connectivity index (χ2v) is 4.65. The van der Waals surface area contributed by atoms with Gasteiger partial charge >= 0.3 is 5.97 Å². The molecule has 84 valence electrons. The summed E-state index contributed by atoms with van der Waals surface area (Å²) < 4.78 is 0. The zero-order valence-electron chi connectivity index (χ0n) is 8.59. The van der Waals surface area contributed by atoms with E-state index in [1.54, 1.807) is 0 Å². The van der Waals surface area contributed by atoms with E-state index >= 15 is 0 Å². The van der Waals surface area contributed by atoms with Gasteiger partial charge in [0.05, 0.1) is 18.7 Å². The number of thiazole rings is 1. The molecule has 0 radical (unpaired) electrons. The largest absolute Gasteiger partial charge is 0.477 e. The van der Waals surface area contributed by atoms with Crippen molar-refractivity contribution in [2.75, 3.05) is 11.4 Å². The maximum absolute atomic E-state index is 10.7. The standard InChI is InChI=1S/C10H11N3O2S/c11-4-1-5-13(7-2-3-7)10-12-6-8(16-10)9(14)15/h6-7H,1-3,5H2,(H,14,15). The first-order valence-electron chi connectivity index (χ1n) is 5.05. The molecule has 0 amide bonds. The highest BCUT2D eigenvalue weighted by molar-refractivity contribution is 7.17. The molecule has 16 heavy (non-hydrogen) atoms. The van der Waals surface area contributed by atoms with Gasteiger partial charge in [0.2, 0.25) is 0 Å². The van der Waals surface area contributed by atoms with Crippen LogP contribution in [0, 0.1) is 11.3 Å². The van der Waals surface area contributed by atoms with Crippen molar-refractivity contribution in [1.82, 2.24) is 4.98 Å². The van der Waals surface area contributed by atoms with Crippen molar-refractivity contribution >= 4 is 22.4 Å². The Morgan fingerprint density at radius 3 is 3.00 bits per heavy atom. The fourth-order valence-electron chi connectivity index (χ4n) is 1.49. The van der Waals surface area contributed by atoms with Gasteiger partial charge in [-0.1, -0.05) is 11.3 Å². The van der Waals surface area contributed by atoms with Gasteiger partial charge < -0.3 is 10.0 Å². The Hall–Kier alpha value is -1.61. The van der Waals surface area contributed by atoms with Crippen LogP contribution in [0.2, 0.25) is 0 Å². The molecule has 0 unspecified atom stereocenters. The maximum Gasteiger partial charge on any atom is 0.347 e. The number of hydrogen-bond donors (Lipinski definition) is 1. The summed E-state index contributed by atoms with van der Waals surface area (Å²) >= 11 is 1.17. The third-order valence-electron chi connectivity index (χ3n) is 2.40. The predicted octanol–water partition coefficient (Wildman–Crippen LogP) is 1.72. The van der Waals surface area contributed by atoms with E-state index in [1.807, 2.05) is 4.90 Å². The Labute approximate surface area is 96.9 Å². The monoisotopic (exact) mass is 237 g/mol. The summed E-state index contributed by atoms with van der Waals surface area (Å²) in [4.78, 5) is 17.1. The average molecular weight is 237 g/mol. The Balaban J connectivity index is 2.12. The van der Waals surface area contributed by atoms with Crippen molar-refractivity contribution in [1.29, 1.82) is 5.26 Å². The van der Waals surface area contributed by atoms with E-state index in [2.05, 4.69) is 11.1 Å². The van der Waals surface area contributed by atoms with E-state index in [1.165, 1.54) is 17.5 Å². The number of aromatic carboxylic acids is 1. The molecule has 1 heterocycles. The second kappa shape index (κ2) is 4.49. The first-order chi connectivity index (χ1) is 7.72. The van der Waals surface area contributed by atoms with E-state index in [9.17, 15) is 4.79 Å². The zero-order valence-corrected chi connectivity index (χ0v) is 9.40. The van der Waals surface area contributed by atoms with Gasteiger partial charge in [-0.25, -0.2) is 9.78 Å². The zero-order chi connectivity index (χ0) is 11.5. The van der Waals surface area contributed by atoms with Crippen LogP contribution in [-0.2, 0) is 0 Å². The van der Waals surface area contributed by atoms with Crippen molar-refractivity contribution in [3.63, 3.8) is 0 Å². The molecule has 6 heteroatoms. The number of carboxylic acid groups (broad SMARTS) is 1. The minimum atomic E-state index is -0.945. The second-order valence-electron chi connectivity index (χ2n) is 3.64. The minimum Gasteiger partial charge on any atom is -0.477 e. The van der Waals surface area contributed by atoms with Gasteiger partial charge in [0.1, 0.15) is 4.88 Å². The van der Waals surface area contributed by atoms with Gasteiger partial charge in [0.15, 0.2) is 5.13 Å². The molecule has 5 nitrogen and oxygen atoms in total. The molecule has 0 aromatic carbocycles. The van der Waals surface area contributed by atoms with Crippen LogP contribution in [0.25, 0.3) is 0 Å². The first kappa shape index (κ1) is 10.9. The summed E-state index contributed by atoms with van der Waals surface area (Å²) in [6, 6.07) is 2.54. The van der Waals surface area contributed by atoms with E-state index in [0.29, 0.717) is 19.0 Å². The molecule has 1 N–H and O–H groups in total. The van der Waals surface area contributed by atoms with E-state index in [-0.39, 0.29) is 4.88 Å². The summed E-state index contributed by atoms with van der Waals surface area (Å²) in [5.74, 6) is -0.945. The SMILES string of the molecule is N#CCCN(c1ncc(C(=O)O)s1)C1CC1. The third-order valence-corrected chi connectivity index (χ3v) is 3.42. The van der Waals surface area contributed by atoms with Gasteiger partial charge in [0.25, 0.3) is 0 Å². The molecule has 0 spiro atoms. The van der Waals surface area contributed by atoms with E-state index < -0.39 is 5.97 Å². The molecule has 1 saturated carbocycles. The predicted molar refractivity (Wildman–Crippen MR) is 59.7 cm³/mol. The molecule has 1 aromatic heterocycles. The van der Waals surface area contributed by atoms with Crippen LogP contribution in [0.15, 0.2) is 6.20 Å². The number of nitriles is 1. The Morgan fingerprint density at radius 2 is 2.50 bits per heavy atom. The van der Waals surface area contributed by atoms with Crippen LogP contribution in [0.4, 0.5) is 5.13 Å². The Kier molecular flexibility index (Phi) is 3.06. The molecule has 0 atom stereocenters. The molecule has 1 aromatic rings. The lowest BCUT2D eigenvalue weighted by Gasteiger charge is -2.19. The van der Waals surface area contributed by atoms with Crippen LogP contribution >= 0.6 is 11.3 Å². The summed E-state index contributed by atoms with van der Waals surface area (Å²) in [7, 11) is 0. The maximum atomic E-state index is 10.7. The molecule has 0 saturated heterocycles. The highest BCUT2D eigenvalue weighted by Gasteiger charge is 2.30. The van der Waals surface area contributed by atoms with Crippen molar-refractivity contribution in [2.45, 2.75) is 25.3 Å². The Morgan fingerprint density at radius 1 is 1.75 bits per heavy atom. The van der Waals surface area contributed by atoms with Crippen LogP contribution in [-0.4, -0.2) is 28.6 Å². The number of rotatable bonds is 5. The molecule has 1 fully saturated rings. The topological polar surface area (TPSA) is 77.2 Å². The molecule has 2 rings (SSSR count). The number of anilines is 1. The number of carbonyl (C=O) groups is 1. The molecular formula is C10H11N3O2S. The van der Waals surface area contributed by atoms with Crippen LogP contribution in [0.3, 0.4) is 0 Å². The quantitative estimate of drug-likeness (QED) is 0.843. The van der Waals surface area contributed by atoms with Crippen LogP contribution < -0.4 is 4.90 Å². The summed E-state index contributed by atoms with van der Waals surface area (Å²) in [5.41, 5.74) is 0. The van der Waals surface area contributed by atoms with Crippen LogP contribution in [0.5, 0.6) is 0 Å². The first-order valence-corrected chi connectivity index (χ1v) is 5.86. The fraction of sp³-hybridized carbons (Fsp3) is 0.500. The van der Waals surface area contributed by atoms with Gasteiger partial charge in [0, 0.05) is 12.6 Å². The summed E-state index contributed by atoms with van der Waals surface area (Å²) in [6.45, 7) is 0.633. The van der Waals surface area contributed by atoms with E-state index in [0.717, 1.165) is 18.0 Å². The lowest BCUT2D eigenvalue weighted by Crippen LogP contribution is -2.26. The van der Waals surface area contributed by atoms with Crippen molar-refractivity contribution in [3.8, 4) is 6.07 Å². The molecular weight excluding hydrogens is 226 g/mol. The highest BCUT2D eigenvalue weighted by Crippen LogP contribution is 2.34. The highest BCUT2D eigenvalue weighted by atomic mass is 32.1. The number of nitrogens with zero attached hydrogens (tertiary/aromatic N) is 3. The Bertz CT molecular complexity index is 434. The lowest BCUT2D eigenvalue weighted by atomic mass is 10.4. The number of aromatic nitrogens is 1. The van der Waals surface area contributed by atoms with Crippen molar-refractivity contribution < 1.29 is 9.90 Å². The number of carboxylic acids is 1. The van der Waals surface area contributed by atoms with Gasteiger partial charge in [-0.15, -0.1) is 0 Å². The van der Waals surface area contributed by atoms with Gasteiger partial charge in [-0.2, -0.15) is 5.26 Å². The molecule has 1 aliphatic rings. The smallest absolute Gasteiger partial charge is 0.347 e. The third kappa shape index (κ3) is 2.31. The lowest BCUT2D eigenvalue weighted by molar-refractivity contribution is 0.0702. The molecule has 1 aliphatic carbocycles. The fourth-order valence-corrected chi connectivity index (χ4v) is 2.34. The van der Waals surface area contributed by atoms with Gasteiger partial charge in [-0.05, 0) is 12.8 Å². The van der Waals surface area contributed by atoms with Crippen LogP contribution in [0.1, 0.15) is 28.9 Å². The number of hydrogen-bond acceptors (Lipinski definition) is 5.